The van der Waals surface area contributed by atoms with Crippen LogP contribution in [0.15, 0.2) is 47.8 Å². The van der Waals surface area contributed by atoms with Gasteiger partial charge in [-0.1, -0.05) is 47.5 Å². The van der Waals surface area contributed by atoms with Crippen molar-refractivity contribution in [3.8, 4) is 0 Å². The van der Waals surface area contributed by atoms with Gasteiger partial charge in [-0.15, -0.1) is 11.3 Å². The van der Waals surface area contributed by atoms with Gasteiger partial charge in [0.1, 0.15) is 0 Å². The molecule has 102 valence electrons. The number of benzene rings is 2. The average Bonchev–Trinajstić information content (AvgIpc) is 2.85. The van der Waals surface area contributed by atoms with E-state index in [9.17, 15) is 0 Å². The summed E-state index contributed by atoms with van der Waals surface area (Å²) in [6, 6.07) is 13.9. The van der Waals surface area contributed by atoms with Crippen LogP contribution >= 0.6 is 34.5 Å². The minimum Gasteiger partial charge on any atom is -0.324 e. The zero-order valence-corrected chi connectivity index (χ0v) is 13.0. The molecule has 0 amide bonds. The Hall–Kier alpha value is -1.06. The summed E-state index contributed by atoms with van der Waals surface area (Å²) < 4.78 is 1.30. The van der Waals surface area contributed by atoms with E-state index in [1.807, 2.05) is 12.1 Å². The van der Waals surface area contributed by atoms with Crippen molar-refractivity contribution in [2.24, 2.45) is 5.73 Å². The maximum absolute atomic E-state index is 6.30. The number of fused-ring (bicyclic) bond motifs is 1. The molecule has 0 saturated heterocycles. The Balaban J connectivity index is 1.88. The van der Waals surface area contributed by atoms with Crippen LogP contribution in [0, 0.1) is 0 Å². The molecule has 2 N–H and O–H groups in total. The van der Waals surface area contributed by atoms with Crippen LogP contribution in [0.25, 0.3) is 10.1 Å². The van der Waals surface area contributed by atoms with Crippen molar-refractivity contribution < 1.29 is 0 Å². The molecule has 0 spiro atoms. The fourth-order valence-corrected chi connectivity index (χ4v) is 3.57. The number of hydrogen-bond donors (Lipinski definition) is 1. The zero-order valence-electron chi connectivity index (χ0n) is 10.6. The van der Waals surface area contributed by atoms with Crippen LogP contribution in [0.4, 0.5) is 0 Å². The van der Waals surface area contributed by atoms with Crippen LogP contribution in [0.2, 0.25) is 10.0 Å². The first-order valence-corrected chi connectivity index (χ1v) is 7.94. The lowest BCUT2D eigenvalue weighted by Gasteiger charge is -2.12. The number of hydrogen-bond acceptors (Lipinski definition) is 2. The Morgan fingerprint density at radius 2 is 1.85 bits per heavy atom. The number of halogens is 2. The van der Waals surface area contributed by atoms with Crippen molar-refractivity contribution >= 4 is 44.6 Å². The topological polar surface area (TPSA) is 26.0 Å². The van der Waals surface area contributed by atoms with Gasteiger partial charge >= 0.3 is 0 Å². The minimum atomic E-state index is -0.0808. The molecule has 0 aliphatic carbocycles. The Morgan fingerprint density at radius 3 is 2.65 bits per heavy atom. The summed E-state index contributed by atoms with van der Waals surface area (Å²) in [5.74, 6) is 0. The van der Waals surface area contributed by atoms with Gasteiger partial charge in [0, 0.05) is 10.7 Å². The van der Waals surface area contributed by atoms with E-state index < -0.39 is 0 Å². The van der Waals surface area contributed by atoms with Gasteiger partial charge in [0.15, 0.2) is 0 Å². The second-order valence-electron chi connectivity index (χ2n) is 4.74. The summed E-state index contributed by atoms with van der Waals surface area (Å²) in [5, 5.41) is 4.58. The highest BCUT2D eigenvalue weighted by Gasteiger charge is 2.12. The molecule has 1 heterocycles. The molecule has 0 bridgehead atoms. The maximum Gasteiger partial charge on any atom is 0.0595 e. The van der Waals surface area contributed by atoms with Gasteiger partial charge in [0.25, 0.3) is 0 Å². The van der Waals surface area contributed by atoms with E-state index in [1.54, 1.807) is 17.4 Å². The Bertz CT molecular complexity index is 751. The van der Waals surface area contributed by atoms with E-state index in [0.717, 1.165) is 12.0 Å². The smallest absolute Gasteiger partial charge is 0.0595 e. The van der Waals surface area contributed by atoms with E-state index in [-0.39, 0.29) is 6.04 Å². The second kappa shape index (κ2) is 5.74. The fraction of sp³-hybridized carbons (Fsp3) is 0.125. The third-order valence-corrected chi connectivity index (χ3v) is 5.12. The Morgan fingerprint density at radius 1 is 1.05 bits per heavy atom. The van der Waals surface area contributed by atoms with Gasteiger partial charge in [0.2, 0.25) is 0 Å². The summed E-state index contributed by atoms with van der Waals surface area (Å²) in [7, 11) is 0. The van der Waals surface area contributed by atoms with Crippen molar-refractivity contribution in [2.45, 2.75) is 12.5 Å². The van der Waals surface area contributed by atoms with Gasteiger partial charge in [-0.05, 0) is 46.5 Å². The molecule has 1 nitrogen and oxygen atoms in total. The standard InChI is InChI=1S/C16H13Cl2NS/c17-13-6-5-10(7-14(13)18)15(19)8-11-9-20-16-4-2-1-3-12(11)16/h1-7,9,15H,8,19H2. The van der Waals surface area contributed by atoms with Gasteiger partial charge < -0.3 is 5.73 Å². The number of thiophene rings is 1. The highest BCUT2D eigenvalue weighted by Crippen LogP contribution is 2.30. The SMILES string of the molecule is NC(Cc1csc2ccccc12)c1ccc(Cl)c(Cl)c1. The first-order valence-electron chi connectivity index (χ1n) is 6.31. The first kappa shape index (κ1) is 13.9. The molecule has 0 aliphatic rings. The highest BCUT2D eigenvalue weighted by atomic mass is 35.5. The predicted octanol–water partition coefficient (Wildman–Crippen LogP) is 5.45. The van der Waals surface area contributed by atoms with Crippen LogP contribution in [0.1, 0.15) is 17.2 Å². The molecule has 0 radical (unpaired) electrons. The van der Waals surface area contributed by atoms with E-state index in [1.165, 1.54) is 15.6 Å². The molecular formula is C16H13Cl2NS. The molecule has 1 aromatic heterocycles. The predicted molar refractivity (Wildman–Crippen MR) is 88.9 cm³/mol. The van der Waals surface area contributed by atoms with Crippen molar-refractivity contribution in [1.82, 2.24) is 0 Å². The van der Waals surface area contributed by atoms with Gasteiger partial charge in [0.05, 0.1) is 10.0 Å². The lowest BCUT2D eigenvalue weighted by atomic mass is 9.99. The van der Waals surface area contributed by atoms with Crippen molar-refractivity contribution in [3.05, 3.63) is 69.0 Å². The minimum absolute atomic E-state index is 0.0808. The highest BCUT2D eigenvalue weighted by molar-refractivity contribution is 7.17. The molecule has 3 aromatic rings. The van der Waals surface area contributed by atoms with Gasteiger partial charge in [-0.3, -0.25) is 0 Å². The van der Waals surface area contributed by atoms with Gasteiger partial charge in [-0.25, -0.2) is 0 Å². The van der Waals surface area contributed by atoms with E-state index in [0.29, 0.717) is 10.0 Å². The van der Waals surface area contributed by atoms with Crippen LogP contribution in [-0.4, -0.2) is 0 Å². The molecule has 2 aromatic carbocycles. The summed E-state index contributed by atoms with van der Waals surface area (Å²) >= 11 is 13.7. The Labute approximate surface area is 131 Å². The first-order chi connectivity index (χ1) is 9.65. The van der Waals surface area contributed by atoms with E-state index in [2.05, 4.69) is 29.6 Å². The molecular weight excluding hydrogens is 309 g/mol. The van der Waals surface area contributed by atoms with Gasteiger partial charge in [-0.2, -0.15) is 0 Å². The zero-order chi connectivity index (χ0) is 14.1. The third-order valence-electron chi connectivity index (χ3n) is 3.37. The summed E-state index contributed by atoms with van der Waals surface area (Å²) in [5.41, 5.74) is 8.59. The lowest BCUT2D eigenvalue weighted by molar-refractivity contribution is 0.727. The lowest BCUT2D eigenvalue weighted by Crippen LogP contribution is -2.13. The van der Waals surface area contributed by atoms with Crippen LogP contribution in [0.3, 0.4) is 0 Å². The third kappa shape index (κ3) is 2.70. The van der Waals surface area contributed by atoms with Crippen LogP contribution in [-0.2, 0) is 6.42 Å². The molecule has 1 unspecified atom stereocenters. The number of rotatable bonds is 3. The normalized spacial score (nSPS) is 12.8. The molecule has 20 heavy (non-hydrogen) atoms. The fourth-order valence-electron chi connectivity index (χ4n) is 2.29. The van der Waals surface area contributed by atoms with Crippen molar-refractivity contribution in [2.75, 3.05) is 0 Å². The Kier molecular flexibility index (Phi) is 3.99. The maximum atomic E-state index is 6.30. The monoisotopic (exact) mass is 321 g/mol. The molecule has 3 rings (SSSR count). The second-order valence-corrected chi connectivity index (χ2v) is 6.47. The number of nitrogens with two attached hydrogens (primary N) is 1. The molecule has 0 saturated carbocycles. The van der Waals surface area contributed by atoms with E-state index in [4.69, 9.17) is 28.9 Å². The molecule has 4 heteroatoms. The average molecular weight is 322 g/mol. The van der Waals surface area contributed by atoms with Crippen LogP contribution in [0.5, 0.6) is 0 Å². The largest absolute Gasteiger partial charge is 0.324 e. The van der Waals surface area contributed by atoms with Crippen molar-refractivity contribution in [1.29, 1.82) is 0 Å². The summed E-state index contributed by atoms with van der Waals surface area (Å²) in [4.78, 5) is 0. The quantitative estimate of drug-likeness (QED) is 0.681. The molecule has 0 fully saturated rings. The summed E-state index contributed by atoms with van der Waals surface area (Å²) in [6.07, 6.45) is 0.794. The molecule has 0 aliphatic heterocycles. The molecule has 1 atom stereocenters. The summed E-state index contributed by atoms with van der Waals surface area (Å²) in [6.45, 7) is 0. The van der Waals surface area contributed by atoms with Crippen molar-refractivity contribution in [3.63, 3.8) is 0 Å². The van der Waals surface area contributed by atoms with E-state index >= 15 is 0 Å². The van der Waals surface area contributed by atoms with Crippen LogP contribution < -0.4 is 5.73 Å².